The topological polar surface area (TPSA) is 51.0 Å². The average molecular weight is 318 g/mol. The zero-order chi connectivity index (χ0) is 16.5. The molecule has 0 spiro atoms. The summed E-state index contributed by atoms with van der Waals surface area (Å²) in [5.41, 5.74) is 4.19. The summed E-state index contributed by atoms with van der Waals surface area (Å²) in [5.74, 6) is 0.0434. The van der Waals surface area contributed by atoms with E-state index in [0.29, 0.717) is 5.56 Å². The quantitative estimate of drug-likeness (QED) is 0.746. The Hall–Kier alpha value is -2.95. The third kappa shape index (κ3) is 2.48. The molecule has 0 radical (unpaired) electrons. The first kappa shape index (κ1) is 14.6. The van der Waals surface area contributed by atoms with Gasteiger partial charge in [0.05, 0.1) is 11.7 Å². The Balaban J connectivity index is 1.55. The summed E-state index contributed by atoms with van der Waals surface area (Å²) in [6, 6.07) is 16.0. The van der Waals surface area contributed by atoms with E-state index in [2.05, 4.69) is 28.3 Å². The molecule has 0 saturated heterocycles. The smallest absolute Gasteiger partial charge is 0.254 e. The van der Waals surface area contributed by atoms with Crippen molar-refractivity contribution in [2.45, 2.75) is 18.9 Å². The number of aromatic nitrogens is 3. The minimum absolute atomic E-state index is 0.0434. The van der Waals surface area contributed by atoms with Crippen molar-refractivity contribution in [3.05, 3.63) is 77.9 Å². The number of hydrogen-bond donors (Lipinski definition) is 0. The molecule has 4 rings (SSSR count). The Labute approximate surface area is 140 Å². The van der Waals surface area contributed by atoms with Gasteiger partial charge in [0.1, 0.15) is 12.7 Å². The van der Waals surface area contributed by atoms with Crippen molar-refractivity contribution >= 4 is 5.91 Å². The SMILES string of the molecule is CN(C(=O)c1ccc(-n2cncn2)cc1)C1CCc2ccccc21. The van der Waals surface area contributed by atoms with E-state index in [1.54, 1.807) is 11.0 Å². The zero-order valence-corrected chi connectivity index (χ0v) is 13.5. The standard InChI is InChI=1S/C19H18N4O/c1-22(18-11-8-14-4-2-3-5-17(14)18)19(24)15-6-9-16(10-7-15)23-13-20-12-21-23/h2-7,9-10,12-13,18H,8,11H2,1H3. The molecule has 1 aromatic heterocycles. The summed E-state index contributed by atoms with van der Waals surface area (Å²) in [4.78, 5) is 18.6. The number of carbonyl (C=O) groups excluding carboxylic acids is 1. The first-order valence-corrected chi connectivity index (χ1v) is 8.04. The lowest BCUT2D eigenvalue weighted by molar-refractivity contribution is 0.0730. The maximum absolute atomic E-state index is 12.8. The molecular formula is C19H18N4O. The van der Waals surface area contributed by atoms with Gasteiger partial charge in [-0.2, -0.15) is 5.10 Å². The van der Waals surface area contributed by atoms with Gasteiger partial charge in [-0.25, -0.2) is 9.67 Å². The van der Waals surface area contributed by atoms with Crippen molar-refractivity contribution in [1.29, 1.82) is 0 Å². The molecule has 1 aliphatic rings. The molecule has 1 heterocycles. The van der Waals surface area contributed by atoms with Crippen molar-refractivity contribution in [1.82, 2.24) is 19.7 Å². The van der Waals surface area contributed by atoms with Crippen LogP contribution in [0.2, 0.25) is 0 Å². The lowest BCUT2D eigenvalue weighted by Crippen LogP contribution is -2.30. The molecule has 1 aliphatic carbocycles. The predicted molar refractivity (Wildman–Crippen MR) is 91.0 cm³/mol. The highest BCUT2D eigenvalue weighted by atomic mass is 16.2. The molecule has 3 aromatic rings. The normalized spacial score (nSPS) is 16.0. The Bertz CT molecular complexity index is 855. The second-order valence-electron chi connectivity index (χ2n) is 6.06. The molecular weight excluding hydrogens is 300 g/mol. The fourth-order valence-corrected chi connectivity index (χ4v) is 3.38. The number of amides is 1. The molecule has 0 fully saturated rings. The number of fused-ring (bicyclic) bond motifs is 1. The lowest BCUT2D eigenvalue weighted by Gasteiger charge is -2.25. The van der Waals surface area contributed by atoms with Gasteiger partial charge in [-0.1, -0.05) is 24.3 Å². The molecule has 0 aliphatic heterocycles. The molecule has 1 unspecified atom stereocenters. The predicted octanol–water partition coefficient (Wildman–Crippen LogP) is 3.03. The first-order valence-electron chi connectivity index (χ1n) is 8.04. The second kappa shape index (κ2) is 5.92. The highest BCUT2D eigenvalue weighted by molar-refractivity contribution is 5.94. The van der Waals surface area contributed by atoms with Gasteiger partial charge in [0.2, 0.25) is 0 Å². The number of aryl methyl sites for hydroxylation is 1. The van der Waals surface area contributed by atoms with E-state index in [0.717, 1.165) is 18.5 Å². The third-order valence-electron chi connectivity index (χ3n) is 4.69. The van der Waals surface area contributed by atoms with Crippen LogP contribution in [0.1, 0.15) is 33.9 Å². The summed E-state index contributed by atoms with van der Waals surface area (Å²) in [6.45, 7) is 0. The summed E-state index contributed by atoms with van der Waals surface area (Å²) in [7, 11) is 1.89. The van der Waals surface area contributed by atoms with Gasteiger partial charge < -0.3 is 4.90 Å². The van der Waals surface area contributed by atoms with Gasteiger partial charge in [-0.05, 0) is 48.2 Å². The van der Waals surface area contributed by atoms with E-state index in [9.17, 15) is 4.79 Å². The second-order valence-corrected chi connectivity index (χ2v) is 6.06. The summed E-state index contributed by atoms with van der Waals surface area (Å²) in [5, 5.41) is 4.09. The Morgan fingerprint density at radius 2 is 1.96 bits per heavy atom. The molecule has 24 heavy (non-hydrogen) atoms. The Morgan fingerprint density at radius 1 is 1.17 bits per heavy atom. The first-order chi connectivity index (χ1) is 11.7. The molecule has 1 amide bonds. The molecule has 5 nitrogen and oxygen atoms in total. The van der Waals surface area contributed by atoms with Crippen LogP contribution in [0, 0.1) is 0 Å². The lowest BCUT2D eigenvalue weighted by atomic mass is 10.1. The largest absolute Gasteiger partial charge is 0.335 e. The molecule has 0 bridgehead atoms. The van der Waals surface area contributed by atoms with Gasteiger partial charge in [0.15, 0.2) is 0 Å². The van der Waals surface area contributed by atoms with Crippen LogP contribution in [0.3, 0.4) is 0 Å². The number of hydrogen-bond acceptors (Lipinski definition) is 3. The molecule has 2 aromatic carbocycles. The van der Waals surface area contributed by atoms with Crippen molar-refractivity contribution in [3.8, 4) is 5.69 Å². The maximum atomic E-state index is 12.8. The highest BCUT2D eigenvalue weighted by Gasteiger charge is 2.28. The van der Waals surface area contributed by atoms with E-state index in [1.807, 2.05) is 42.3 Å². The fourth-order valence-electron chi connectivity index (χ4n) is 3.38. The minimum Gasteiger partial charge on any atom is -0.335 e. The summed E-state index contributed by atoms with van der Waals surface area (Å²) < 4.78 is 1.67. The van der Waals surface area contributed by atoms with E-state index < -0.39 is 0 Å². The average Bonchev–Trinajstić information content (AvgIpc) is 3.30. The van der Waals surface area contributed by atoms with E-state index in [4.69, 9.17) is 0 Å². The summed E-state index contributed by atoms with van der Waals surface area (Å²) >= 11 is 0. The van der Waals surface area contributed by atoms with Gasteiger partial charge in [0.25, 0.3) is 5.91 Å². The number of rotatable bonds is 3. The Kier molecular flexibility index (Phi) is 3.61. The molecule has 0 N–H and O–H groups in total. The van der Waals surface area contributed by atoms with Crippen LogP contribution in [-0.4, -0.2) is 32.6 Å². The van der Waals surface area contributed by atoms with Crippen LogP contribution in [0.5, 0.6) is 0 Å². The number of nitrogens with zero attached hydrogens (tertiary/aromatic N) is 4. The van der Waals surface area contributed by atoms with Crippen molar-refractivity contribution in [3.63, 3.8) is 0 Å². The van der Waals surface area contributed by atoms with E-state index in [-0.39, 0.29) is 11.9 Å². The van der Waals surface area contributed by atoms with E-state index in [1.165, 1.54) is 17.5 Å². The van der Waals surface area contributed by atoms with Crippen molar-refractivity contribution in [2.24, 2.45) is 0 Å². The van der Waals surface area contributed by atoms with Crippen molar-refractivity contribution < 1.29 is 4.79 Å². The van der Waals surface area contributed by atoms with Gasteiger partial charge in [0, 0.05) is 12.6 Å². The molecule has 1 atom stereocenters. The maximum Gasteiger partial charge on any atom is 0.254 e. The highest BCUT2D eigenvalue weighted by Crippen LogP contribution is 2.35. The van der Waals surface area contributed by atoms with Crippen LogP contribution in [-0.2, 0) is 6.42 Å². The number of carbonyl (C=O) groups is 1. The van der Waals surface area contributed by atoms with Crippen LogP contribution in [0.25, 0.3) is 5.69 Å². The number of benzene rings is 2. The van der Waals surface area contributed by atoms with Crippen LogP contribution < -0.4 is 0 Å². The third-order valence-corrected chi connectivity index (χ3v) is 4.69. The van der Waals surface area contributed by atoms with Crippen LogP contribution >= 0.6 is 0 Å². The van der Waals surface area contributed by atoms with Gasteiger partial charge in [-0.15, -0.1) is 0 Å². The van der Waals surface area contributed by atoms with Crippen LogP contribution in [0.15, 0.2) is 61.2 Å². The van der Waals surface area contributed by atoms with E-state index >= 15 is 0 Å². The zero-order valence-electron chi connectivity index (χ0n) is 13.5. The Morgan fingerprint density at radius 3 is 2.71 bits per heavy atom. The molecule has 0 saturated carbocycles. The monoisotopic (exact) mass is 318 g/mol. The van der Waals surface area contributed by atoms with Crippen LogP contribution in [0.4, 0.5) is 0 Å². The fraction of sp³-hybridized carbons (Fsp3) is 0.211. The van der Waals surface area contributed by atoms with Crippen molar-refractivity contribution in [2.75, 3.05) is 7.05 Å². The molecule has 120 valence electrons. The molecule has 5 heteroatoms. The summed E-state index contributed by atoms with van der Waals surface area (Å²) in [6.07, 6.45) is 5.14. The van der Waals surface area contributed by atoms with Gasteiger partial charge >= 0.3 is 0 Å². The van der Waals surface area contributed by atoms with Gasteiger partial charge in [-0.3, -0.25) is 4.79 Å². The minimum atomic E-state index is 0.0434.